The fourth-order valence-electron chi connectivity index (χ4n) is 3.65. The number of amides is 2. The maximum atomic E-state index is 12.7. The van der Waals surface area contributed by atoms with Crippen LogP contribution in [0.1, 0.15) is 29.5 Å². The Balaban J connectivity index is 1.48. The summed E-state index contributed by atoms with van der Waals surface area (Å²) in [6, 6.07) is 18.2. The van der Waals surface area contributed by atoms with Crippen LogP contribution in [0.4, 0.5) is 4.79 Å². The van der Waals surface area contributed by atoms with Gasteiger partial charge in [0.15, 0.2) is 0 Å². The zero-order valence-corrected chi connectivity index (χ0v) is 15.9. The zero-order chi connectivity index (χ0) is 19.2. The van der Waals surface area contributed by atoms with E-state index in [4.69, 9.17) is 11.1 Å². The third-order valence-electron chi connectivity index (χ3n) is 5.26. The number of hydrogen-bond donors (Lipinski definition) is 2. The molecule has 0 aromatic heterocycles. The summed E-state index contributed by atoms with van der Waals surface area (Å²) in [7, 11) is 1.84. The molecule has 0 spiro atoms. The topological polar surface area (TPSA) is 73.4 Å². The average Bonchev–Trinajstić information content (AvgIpc) is 2.69. The molecule has 2 aromatic rings. The molecule has 2 amide bonds. The lowest BCUT2D eigenvalue weighted by molar-refractivity contribution is 0.138. The maximum Gasteiger partial charge on any atom is 0.320 e. The van der Waals surface area contributed by atoms with Crippen molar-refractivity contribution in [3.8, 4) is 0 Å². The Morgan fingerprint density at radius 2 is 1.70 bits per heavy atom. The van der Waals surface area contributed by atoms with Crippen molar-refractivity contribution in [2.75, 3.05) is 20.1 Å². The van der Waals surface area contributed by atoms with E-state index in [2.05, 4.69) is 24.3 Å². The summed E-state index contributed by atoms with van der Waals surface area (Å²) in [6.07, 6.45) is 3.21. The molecule has 1 aliphatic heterocycles. The van der Waals surface area contributed by atoms with Gasteiger partial charge in [-0.3, -0.25) is 5.41 Å². The first-order valence-corrected chi connectivity index (χ1v) is 9.50. The quantitative estimate of drug-likeness (QED) is 0.630. The van der Waals surface area contributed by atoms with Crippen LogP contribution in [0.5, 0.6) is 0 Å². The van der Waals surface area contributed by atoms with Crippen LogP contribution in [0, 0.1) is 11.3 Å². The van der Waals surface area contributed by atoms with Gasteiger partial charge in [-0.25, -0.2) is 4.79 Å². The molecule has 5 heteroatoms. The summed E-state index contributed by atoms with van der Waals surface area (Å²) in [4.78, 5) is 16.5. The minimum absolute atomic E-state index is 0.0596. The number of hydrogen-bond acceptors (Lipinski definition) is 2. The maximum absolute atomic E-state index is 12.7. The fraction of sp³-hybridized carbons (Fsp3) is 0.364. The number of piperidine rings is 1. The predicted molar refractivity (Wildman–Crippen MR) is 109 cm³/mol. The van der Waals surface area contributed by atoms with E-state index < -0.39 is 0 Å². The summed E-state index contributed by atoms with van der Waals surface area (Å²) in [6.45, 7) is 2.20. The number of rotatable bonds is 5. The molecule has 142 valence electrons. The summed E-state index contributed by atoms with van der Waals surface area (Å²) >= 11 is 0. The van der Waals surface area contributed by atoms with Gasteiger partial charge in [0.2, 0.25) is 0 Å². The first-order chi connectivity index (χ1) is 13.0. The molecule has 3 rings (SSSR count). The Morgan fingerprint density at radius 3 is 2.30 bits per heavy atom. The van der Waals surface area contributed by atoms with Crippen molar-refractivity contribution in [1.82, 2.24) is 9.80 Å². The molecule has 1 aliphatic rings. The molecule has 5 nitrogen and oxygen atoms in total. The van der Waals surface area contributed by atoms with E-state index in [-0.39, 0.29) is 11.9 Å². The molecular weight excluding hydrogens is 336 g/mol. The van der Waals surface area contributed by atoms with Crippen molar-refractivity contribution in [3.05, 3.63) is 71.3 Å². The van der Waals surface area contributed by atoms with E-state index in [1.54, 1.807) is 4.90 Å². The largest absolute Gasteiger partial charge is 0.384 e. The van der Waals surface area contributed by atoms with Crippen molar-refractivity contribution in [2.45, 2.75) is 25.8 Å². The number of carbonyl (C=O) groups excluding carboxylic acids is 1. The van der Waals surface area contributed by atoms with Crippen LogP contribution >= 0.6 is 0 Å². The normalized spacial score (nSPS) is 14.8. The van der Waals surface area contributed by atoms with Crippen LogP contribution in [-0.2, 0) is 13.0 Å². The van der Waals surface area contributed by atoms with Gasteiger partial charge < -0.3 is 15.5 Å². The van der Waals surface area contributed by atoms with E-state index in [0.717, 1.165) is 37.9 Å². The Morgan fingerprint density at radius 1 is 1.07 bits per heavy atom. The highest BCUT2D eigenvalue weighted by molar-refractivity contribution is 5.94. The molecule has 0 atom stereocenters. The van der Waals surface area contributed by atoms with Crippen LogP contribution in [0.2, 0.25) is 0 Å². The lowest BCUT2D eigenvalue weighted by atomic mass is 9.90. The van der Waals surface area contributed by atoms with E-state index in [0.29, 0.717) is 18.0 Å². The van der Waals surface area contributed by atoms with Crippen molar-refractivity contribution in [1.29, 1.82) is 5.41 Å². The molecule has 1 fully saturated rings. The number of likely N-dealkylation sites (tertiary alicyclic amines) is 1. The molecular formula is C22H28N4O. The number of amidine groups is 1. The molecule has 2 aromatic carbocycles. The van der Waals surface area contributed by atoms with E-state index in [1.165, 1.54) is 5.56 Å². The zero-order valence-electron chi connectivity index (χ0n) is 15.9. The van der Waals surface area contributed by atoms with Crippen molar-refractivity contribution < 1.29 is 4.79 Å². The third-order valence-corrected chi connectivity index (χ3v) is 5.26. The Bertz CT molecular complexity index is 765. The van der Waals surface area contributed by atoms with Gasteiger partial charge in [-0.15, -0.1) is 0 Å². The first kappa shape index (κ1) is 19.0. The van der Waals surface area contributed by atoms with Gasteiger partial charge >= 0.3 is 6.03 Å². The average molecular weight is 364 g/mol. The molecule has 0 bridgehead atoms. The van der Waals surface area contributed by atoms with Crippen LogP contribution in [-0.4, -0.2) is 41.8 Å². The van der Waals surface area contributed by atoms with Crippen LogP contribution in [0.3, 0.4) is 0 Å². The molecule has 0 unspecified atom stereocenters. The summed E-state index contributed by atoms with van der Waals surface area (Å²) in [5.41, 5.74) is 8.60. The molecule has 1 saturated heterocycles. The summed E-state index contributed by atoms with van der Waals surface area (Å²) < 4.78 is 0. The van der Waals surface area contributed by atoms with E-state index in [1.807, 2.05) is 42.3 Å². The standard InChI is InChI=1S/C22H28N4O/c1-25(16-19-7-9-20(10-8-19)21(23)24)22(27)26-13-11-18(12-14-26)15-17-5-3-2-4-6-17/h2-10,18H,11-16H2,1H3,(H3,23,24). The number of nitrogen functional groups attached to an aromatic ring is 1. The molecule has 1 heterocycles. The number of nitrogens with one attached hydrogen (secondary N) is 1. The summed E-state index contributed by atoms with van der Waals surface area (Å²) in [5, 5.41) is 7.44. The highest BCUT2D eigenvalue weighted by Crippen LogP contribution is 2.22. The number of nitrogens with two attached hydrogens (primary N) is 1. The Kier molecular flexibility index (Phi) is 6.12. The Labute approximate surface area is 161 Å². The number of urea groups is 1. The van der Waals surface area contributed by atoms with Gasteiger partial charge in [-0.1, -0.05) is 54.6 Å². The molecule has 0 aliphatic carbocycles. The van der Waals surface area contributed by atoms with Gasteiger partial charge in [-0.2, -0.15) is 0 Å². The van der Waals surface area contributed by atoms with Crippen LogP contribution < -0.4 is 5.73 Å². The van der Waals surface area contributed by atoms with Crippen LogP contribution in [0.15, 0.2) is 54.6 Å². The second-order valence-corrected chi connectivity index (χ2v) is 7.37. The predicted octanol–water partition coefficient (Wildman–Crippen LogP) is 3.48. The van der Waals surface area contributed by atoms with Crippen molar-refractivity contribution in [2.24, 2.45) is 11.7 Å². The molecule has 0 radical (unpaired) electrons. The number of benzene rings is 2. The van der Waals surface area contributed by atoms with Crippen LogP contribution in [0.25, 0.3) is 0 Å². The molecule has 0 saturated carbocycles. The van der Waals surface area contributed by atoms with Gasteiger partial charge in [-0.05, 0) is 36.3 Å². The highest BCUT2D eigenvalue weighted by atomic mass is 16.2. The van der Waals surface area contributed by atoms with Gasteiger partial charge in [0.25, 0.3) is 0 Å². The van der Waals surface area contributed by atoms with E-state index >= 15 is 0 Å². The second-order valence-electron chi connectivity index (χ2n) is 7.37. The first-order valence-electron chi connectivity index (χ1n) is 9.50. The SMILES string of the molecule is CN(Cc1ccc(C(=N)N)cc1)C(=O)N1CCC(Cc2ccccc2)CC1. The Hall–Kier alpha value is -2.82. The highest BCUT2D eigenvalue weighted by Gasteiger charge is 2.25. The monoisotopic (exact) mass is 364 g/mol. The van der Waals surface area contributed by atoms with Crippen molar-refractivity contribution in [3.63, 3.8) is 0 Å². The second kappa shape index (κ2) is 8.71. The fourth-order valence-corrected chi connectivity index (χ4v) is 3.65. The molecule has 3 N–H and O–H groups in total. The summed E-state index contributed by atoms with van der Waals surface area (Å²) in [5.74, 6) is 0.713. The minimum Gasteiger partial charge on any atom is -0.384 e. The molecule has 27 heavy (non-hydrogen) atoms. The lowest BCUT2D eigenvalue weighted by Crippen LogP contribution is -2.45. The van der Waals surface area contributed by atoms with E-state index in [9.17, 15) is 4.79 Å². The van der Waals surface area contributed by atoms with Gasteiger partial charge in [0, 0.05) is 32.2 Å². The minimum atomic E-state index is 0.0596. The smallest absolute Gasteiger partial charge is 0.320 e. The lowest BCUT2D eigenvalue weighted by Gasteiger charge is -2.34. The van der Waals surface area contributed by atoms with Crippen molar-refractivity contribution >= 4 is 11.9 Å². The number of nitrogens with zero attached hydrogens (tertiary/aromatic N) is 2. The third kappa shape index (κ3) is 5.09. The van der Waals surface area contributed by atoms with Gasteiger partial charge in [0.05, 0.1) is 0 Å². The van der Waals surface area contributed by atoms with Gasteiger partial charge in [0.1, 0.15) is 5.84 Å². The number of carbonyl (C=O) groups is 1.